The lowest BCUT2D eigenvalue weighted by Gasteiger charge is -2.21. The first-order chi connectivity index (χ1) is 11.1. The zero-order valence-electron chi connectivity index (χ0n) is 13.8. The number of fused-ring (bicyclic) bond motifs is 1. The van der Waals surface area contributed by atoms with Crippen molar-refractivity contribution in [2.45, 2.75) is 37.6 Å². The van der Waals surface area contributed by atoms with Gasteiger partial charge in [0.2, 0.25) is 5.91 Å². The van der Waals surface area contributed by atoms with Gasteiger partial charge < -0.3 is 15.5 Å². The molecule has 4 amide bonds. The topological polar surface area (TPSA) is 81.8 Å². The van der Waals surface area contributed by atoms with Gasteiger partial charge in [0.05, 0.1) is 0 Å². The minimum absolute atomic E-state index is 0. The van der Waals surface area contributed by atoms with Gasteiger partial charge in [-0.15, -0.1) is 12.4 Å². The lowest BCUT2D eigenvalue weighted by Crippen LogP contribution is -2.44. The lowest BCUT2D eigenvalue weighted by atomic mass is 9.98. The van der Waals surface area contributed by atoms with Gasteiger partial charge in [0, 0.05) is 39.1 Å². The van der Waals surface area contributed by atoms with E-state index < -0.39 is 5.54 Å². The van der Waals surface area contributed by atoms with Crippen molar-refractivity contribution < 1.29 is 14.4 Å². The Labute approximate surface area is 147 Å². The van der Waals surface area contributed by atoms with Gasteiger partial charge in [-0.3, -0.25) is 14.5 Å². The molecule has 0 unspecified atom stereocenters. The Morgan fingerprint density at radius 2 is 1.75 bits per heavy atom. The Bertz CT molecular complexity index is 537. The Kier molecular flexibility index (Phi) is 4.75. The number of imide groups is 1. The fourth-order valence-corrected chi connectivity index (χ4v) is 4.62. The molecule has 24 heavy (non-hydrogen) atoms. The third-order valence-electron chi connectivity index (χ3n) is 5.99. The number of urea groups is 1. The molecule has 0 aromatic carbocycles. The highest BCUT2D eigenvalue weighted by molar-refractivity contribution is 6.07. The summed E-state index contributed by atoms with van der Waals surface area (Å²) < 4.78 is 0. The number of nitrogens with zero attached hydrogens (tertiary/aromatic N) is 2. The third-order valence-corrected chi connectivity index (χ3v) is 5.99. The molecule has 3 aliphatic heterocycles. The number of rotatable bonds is 3. The van der Waals surface area contributed by atoms with Crippen LogP contribution in [0.3, 0.4) is 0 Å². The van der Waals surface area contributed by atoms with Crippen LogP contribution in [0.25, 0.3) is 0 Å². The minimum Gasteiger partial charge on any atom is -0.342 e. The van der Waals surface area contributed by atoms with Crippen LogP contribution >= 0.6 is 12.4 Å². The van der Waals surface area contributed by atoms with Crippen molar-refractivity contribution in [3.05, 3.63) is 0 Å². The highest BCUT2D eigenvalue weighted by atomic mass is 35.5. The predicted molar refractivity (Wildman–Crippen MR) is 89.7 cm³/mol. The van der Waals surface area contributed by atoms with Crippen molar-refractivity contribution in [1.82, 2.24) is 20.4 Å². The van der Waals surface area contributed by atoms with E-state index in [9.17, 15) is 14.4 Å². The number of carbonyl (C=O) groups excluding carboxylic acids is 3. The van der Waals surface area contributed by atoms with Crippen LogP contribution < -0.4 is 10.6 Å². The van der Waals surface area contributed by atoms with Crippen LogP contribution in [0.1, 0.15) is 32.1 Å². The van der Waals surface area contributed by atoms with Gasteiger partial charge >= 0.3 is 6.03 Å². The van der Waals surface area contributed by atoms with Crippen molar-refractivity contribution >= 4 is 30.3 Å². The zero-order valence-corrected chi connectivity index (χ0v) is 14.6. The Morgan fingerprint density at radius 3 is 2.38 bits per heavy atom. The second-order valence-corrected chi connectivity index (χ2v) is 7.40. The molecular formula is C16H25ClN4O3. The number of amides is 4. The normalized spacial score (nSPS) is 30.7. The highest BCUT2D eigenvalue weighted by Crippen LogP contribution is 2.35. The van der Waals surface area contributed by atoms with Gasteiger partial charge in [0.15, 0.2) is 0 Å². The fraction of sp³-hybridized carbons (Fsp3) is 0.812. The molecule has 4 fully saturated rings. The zero-order chi connectivity index (χ0) is 16.0. The molecule has 2 N–H and O–H groups in total. The number of nitrogens with one attached hydrogen (secondary N) is 2. The number of halogens is 1. The molecule has 8 heteroatoms. The molecule has 1 spiro atoms. The van der Waals surface area contributed by atoms with Gasteiger partial charge in [0.1, 0.15) is 5.54 Å². The Morgan fingerprint density at radius 1 is 1.12 bits per heavy atom. The van der Waals surface area contributed by atoms with E-state index in [4.69, 9.17) is 0 Å². The highest BCUT2D eigenvalue weighted by Gasteiger charge is 2.52. The standard InChI is InChI=1S/C16H24N4O3.ClH/c21-13(19-9-11-7-17-8-12(11)10-19)3-6-20-14(22)16(18-15(20)23)4-1-2-5-16;/h11-12,17H,1-10H2,(H,18,23);1H/t11-,12+;. The second-order valence-electron chi connectivity index (χ2n) is 7.40. The number of hydrogen-bond acceptors (Lipinski definition) is 4. The van der Waals surface area contributed by atoms with Gasteiger partial charge in [-0.05, 0) is 24.7 Å². The van der Waals surface area contributed by atoms with E-state index in [1.807, 2.05) is 4.90 Å². The van der Waals surface area contributed by atoms with Gasteiger partial charge in [0.25, 0.3) is 5.91 Å². The minimum atomic E-state index is -0.670. The summed E-state index contributed by atoms with van der Waals surface area (Å²) in [6, 6.07) is -0.327. The Balaban J connectivity index is 0.00000169. The maximum Gasteiger partial charge on any atom is 0.325 e. The van der Waals surface area contributed by atoms with Gasteiger partial charge in [-0.25, -0.2) is 4.79 Å². The lowest BCUT2D eigenvalue weighted by molar-refractivity contribution is -0.133. The van der Waals surface area contributed by atoms with E-state index in [0.29, 0.717) is 11.8 Å². The molecule has 0 aromatic rings. The Hall–Kier alpha value is -1.34. The number of carbonyl (C=O) groups is 3. The maximum atomic E-state index is 12.5. The summed E-state index contributed by atoms with van der Waals surface area (Å²) in [5.41, 5.74) is -0.670. The van der Waals surface area contributed by atoms with Crippen molar-refractivity contribution in [3.63, 3.8) is 0 Å². The molecule has 3 heterocycles. The molecular weight excluding hydrogens is 332 g/mol. The molecule has 2 atom stereocenters. The summed E-state index contributed by atoms with van der Waals surface area (Å²) in [4.78, 5) is 40.2. The number of hydrogen-bond donors (Lipinski definition) is 2. The summed E-state index contributed by atoms with van der Waals surface area (Å²) in [7, 11) is 0. The second kappa shape index (κ2) is 6.52. The molecule has 0 aromatic heterocycles. The average Bonchev–Trinajstić information content (AvgIpc) is 3.24. The first kappa shape index (κ1) is 17.5. The van der Waals surface area contributed by atoms with E-state index in [2.05, 4.69) is 10.6 Å². The molecule has 7 nitrogen and oxygen atoms in total. The summed E-state index contributed by atoms with van der Waals surface area (Å²) in [5.74, 6) is 1.07. The first-order valence-corrected chi connectivity index (χ1v) is 8.72. The van der Waals surface area contributed by atoms with Crippen molar-refractivity contribution in [3.8, 4) is 0 Å². The summed E-state index contributed by atoms with van der Waals surface area (Å²) >= 11 is 0. The largest absolute Gasteiger partial charge is 0.342 e. The van der Waals surface area contributed by atoms with Crippen LogP contribution in [0, 0.1) is 11.8 Å². The third kappa shape index (κ3) is 2.77. The van der Waals surface area contributed by atoms with Crippen LogP contribution in [0.5, 0.6) is 0 Å². The molecule has 3 saturated heterocycles. The molecule has 4 aliphatic rings. The van der Waals surface area contributed by atoms with Crippen LogP contribution in [-0.4, -0.2) is 65.9 Å². The van der Waals surface area contributed by atoms with Crippen LogP contribution in [0.4, 0.5) is 4.79 Å². The summed E-state index contributed by atoms with van der Waals surface area (Å²) in [5, 5.41) is 6.22. The van der Waals surface area contributed by atoms with Gasteiger partial charge in [-0.2, -0.15) is 0 Å². The monoisotopic (exact) mass is 356 g/mol. The molecule has 1 saturated carbocycles. The smallest absolute Gasteiger partial charge is 0.325 e. The molecule has 134 valence electrons. The molecule has 1 aliphatic carbocycles. The molecule has 0 bridgehead atoms. The molecule has 0 radical (unpaired) electrons. The first-order valence-electron chi connectivity index (χ1n) is 8.72. The van der Waals surface area contributed by atoms with Crippen LogP contribution in [-0.2, 0) is 9.59 Å². The van der Waals surface area contributed by atoms with Crippen LogP contribution in [0.2, 0.25) is 0 Å². The van der Waals surface area contributed by atoms with E-state index in [0.717, 1.165) is 51.9 Å². The van der Waals surface area contributed by atoms with Crippen molar-refractivity contribution in [2.75, 3.05) is 32.7 Å². The summed E-state index contributed by atoms with van der Waals surface area (Å²) in [6.45, 7) is 3.80. The van der Waals surface area contributed by atoms with E-state index in [1.54, 1.807) is 0 Å². The van der Waals surface area contributed by atoms with E-state index in [1.165, 1.54) is 4.90 Å². The van der Waals surface area contributed by atoms with Gasteiger partial charge in [-0.1, -0.05) is 12.8 Å². The fourth-order valence-electron chi connectivity index (χ4n) is 4.62. The van der Waals surface area contributed by atoms with Crippen LogP contribution in [0.15, 0.2) is 0 Å². The predicted octanol–water partition coefficient (Wildman–Crippen LogP) is 0.341. The van der Waals surface area contributed by atoms with E-state index in [-0.39, 0.29) is 43.2 Å². The van der Waals surface area contributed by atoms with Crippen molar-refractivity contribution in [2.24, 2.45) is 11.8 Å². The maximum absolute atomic E-state index is 12.5. The van der Waals surface area contributed by atoms with Crippen molar-refractivity contribution in [1.29, 1.82) is 0 Å². The SMILES string of the molecule is Cl.O=C(CCN1C(=O)NC2(CCCC2)C1=O)N1C[C@H]2CNC[C@H]2C1. The summed E-state index contributed by atoms with van der Waals surface area (Å²) in [6.07, 6.45) is 3.64. The average molecular weight is 357 g/mol. The number of likely N-dealkylation sites (tertiary alicyclic amines) is 1. The molecule has 4 rings (SSSR count). The quantitative estimate of drug-likeness (QED) is 0.714. The van der Waals surface area contributed by atoms with E-state index >= 15 is 0 Å².